The van der Waals surface area contributed by atoms with Crippen molar-refractivity contribution in [2.24, 2.45) is 0 Å². The monoisotopic (exact) mass is 385 g/mol. The Kier molecular flexibility index (Phi) is 5.67. The Hall–Kier alpha value is -0.580. The van der Waals surface area contributed by atoms with E-state index in [0.717, 1.165) is 18.0 Å². The number of halogens is 2. The van der Waals surface area contributed by atoms with Crippen molar-refractivity contribution in [3.63, 3.8) is 0 Å². The standard InChI is InChI=1S/C16H17ClIN/c1-2-10-19-16(12-6-4-3-5-7-12)14-11-13(17)8-9-15(14)18/h3-9,11,16,19H,2,10H2,1H3. The van der Waals surface area contributed by atoms with Crippen molar-refractivity contribution in [1.29, 1.82) is 0 Å². The quantitative estimate of drug-likeness (QED) is 0.712. The highest BCUT2D eigenvalue weighted by Crippen LogP contribution is 2.28. The molecule has 0 saturated heterocycles. The van der Waals surface area contributed by atoms with Crippen LogP contribution in [-0.2, 0) is 0 Å². The lowest BCUT2D eigenvalue weighted by atomic mass is 9.98. The van der Waals surface area contributed by atoms with Gasteiger partial charge in [-0.15, -0.1) is 0 Å². The molecule has 0 bridgehead atoms. The summed E-state index contributed by atoms with van der Waals surface area (Å²) in [4.78, 5) is 0. The van der Waals surface area contributed by atoms with E-state index in [1.807, 2.05) is 12.1 Å². The van der Waals surface area contributed by atoms with Gasteiger partial charge in [-0.2, -0.15) is 0 Å². The van der Waals surface area contributed by atoms with Gasteiger partial charge in [-0.3, -0.25) is 0 Å². The van der Waals surface area contributed by atoms with Crippen molar-refractivity contribution in [1.82, 2.24) is 5.32 Å². The maximum Gasteiger partial charge on any atom is 0.0587 e. The predicted molar refractivity (Wildman–Crippen MR) is 90.7 cm³/mol. The molecule has 2 rings (SSSR count). The lowest BCUT2D eigenvalue weighted by Gasteiger charge is -2.21. The van der Waals surface area contributed by atoms with E-state index in [1.54, 1.807) is 0 Å². The average molecular weight is 386 g/mol. The molecular formula is C16H17ClIN. The summed E-state index contributed by atoms with van der Waals surface area (Å²) in [7, 11) is 0. The first-order valence-electron chi connectivity index (χ1n) is 6.45. The molecule has 2 aromatic rings. The van der Waals surface area contributed by atoms with Gasteiger partial charge in [0, 0.05) is 8.59 Å². The molecular weight excluding hydrogens is 369 g/mol. The molecule has 1 atom stereocenters. The third-order valence-electron chi connectivity index (χ3n) is 3.00. The smallest absolute Gasteiger partial charge is 0.0587 e. The van der Waals surface area contributed by atoms with Crippen molar-refractivity contribution in [3.05, 3.63) is 68.3 Å². The number of nitrogens with one attached hydrogen (secondary N) is 1. The summed E-state index contributed by atoms with van der Waals surface area (Å²) in [6.45, 7) is 3.17. The van der Waals surface area contributed by atoms with Gasteiger partial charge < -0.3 is 5.32 Å². The van der Waals surface area contributed by atoms with E-state index in [-0.39, 0.29) is 6.04 Å². The second kappa shape index (κ2) is 7.27. The van der Waals surface area contributed by atoms with Gasteiger partial charge in [0.05, 0.1) is 6.04 Å². The topological polar surface area (TPSA) is 12.0 Å². The van der Waals surface area contributed by atoms with Gasteiger partial charge in [-0.1, -0.05) is 48.9 Å². The van der Waals surface area contributed by atoms with Crippen LogP contribution in [0.2, 0.25) is 5.02 Å². The molecule has 0 aromatic heterocycles. The third kappa shape index (κ3) is 3.94. The second-order valence-corrected chi connectivity index (χ2v) is 6.06. The lowest BCUT2D eigenvalue weighted by molar-refractivity contribution is 0.597. The summed E-state index contributed by atoms with van der Waals surface area (Å²) in [5.74, 6) is 0. The Morgan fingerprint density at radius 2 is 1.89 bits per heavy atom. The molecule has 1 nitrogen and oxygen atoms in total. The highest BCUT2D eigenvalue weighted by Gasteiger charge is 2.16. The summed E-state index contributed by atoms with van der Waals surface area (Å²) >= 11 is 8.52. The summed E-state index contributed by atoms with van der Waals surface area (Å²) in [6.07, 6.45) is 1.11. The molecule has 0 radical (unpaired) electrons. The third-order valence-corrected chi connectivity index (χ3v) is 4.22. The Morgan fingerprint density at radius 1 is 1.16 bits per heavy atom. The van der Waals surface area contributed by atoms with Crippen LogP contribution in [0.25, 0.3) is 0 Å². The van der Waals surface area contributed by atoms with E-state index in [0.29, 0.717) is 0 Å². The van der Waals surface area contributed by atoms with E-state index in [4.69, 9.17) is 11.6 Å². The minimum atomic E-state index is 0.201. The molecule has 19 heavy (non-hydrogen) atoms. The molecule has 0 aliphatic heterocycles. The molecule has 0 aliphatic rings. The molecule has 2 aromatic carbocycles. The van der Waals surface area contributed by atoms with Crippen LogP contribution in [0.4, 0.5) is 0 Å². The van der Waals surface area contributed by atoms with Gasteiger partial charge in [0.1, 0.15) is 0 Å². The average Bonchev–Trinajstić information content (AvgIpc) is 2.44. The normalized spacial score (nSPS) is 12.4. The zero-order chi connectivity index (χ0) is 13.7. The van der Waals surface area contributed by atoms with Gasteiger partial charge in [-0.25, -0.2) is 0 Å². The fourth-order valence-electron chi connectivity index (χ4n) is 2.08. The van der Waals surface area contributed by atoms with Crippen LogP contribution in [0.5, 0.6) is 0 Å². The number of rotatable bonds is 5. The van der Waals surface area contributed by atoms with Gasteiger partial charge in [-0.05, 0) is 64.9 Å². The van der Waals surface area contributed by atoms with Gasteiger partial charge in [0.25, 0.3) is 0 Å². The van der Waals surface area contributed by atoms with Crippen molar-refractivity contribution >= 4 is 34.2 Å². The van der Waals surface area contributed by atoms with Crippen molar-refractivity contribution in [3.8, 4) is 0 Å². The minimum absolute atomic E-state index is 0.201. The fourth-order valence-corrected chi connectivity index (χ4v) is 2.90. The van der Waals surface area contributed by atoms with Crippen LogP contribution in [-0.4, -0.2) is 6.54 Å². The predicted octanol–water partition coefficient (Wildman–Crippen LogP) is 5.03. The zero-order valence-corrected chi connectivity index (χ0v) is 13.8. The van der Waals surface area contributed by atoms with Crippen LogP contribution >= 0.6 is 34.2 Å². The van der Waals surface area contributed by atoms with Crippen LogP contribution in [0.3, 0.4) is 0 Å². The van der Waals surface area contributed by atoms with Crippen molar-refractivity contribution in [2.75, 3.05) is 6.54 Å². The van der Waals surface area contributed by atoms with E-state index >= 15 is 0 Å². The molecule has 3 heteroatoms. The minimum Gasteiger partial charge on any atom is -0.306 e. The van der Waals surface area contributed by atoms with Crippen LogP contribution in [0.15, 0.2) is 48.5 Å². The first kappa shape index (κ1) is 14.8. The Balaban J connectivity index is 2.40. The van der Waals surface area contributed by atoms with Crippen LogP contribution in [0.1, 0.15) is 30.5 Å². The van der Waals surface area contributed by atoms with Crippen molar-refractivity contribution < 1.29 is 0 Å². The fraction of sp³-hybridized carbons (Fsp3) is 0.250. The van der Waals surface area contributed by atoms with Crippen molar-refractivity contribution in [2.45, 2.75) is 19.4 Å². The SMILES string of the molecule is CCCNC(c1ccccc1)c1cc(Cl)ccc1I. The molecule has 0 heterocycles. The first-order chi connectivity index (χ1) is 9.22. The lowest BCUT2D eigenvalue weighted by Crippen LogP contribution is -2.24. The molecule has 0 amide bonds. The summed E-state index contributed by atoms with van der Waals surface area (Å²) in [5, 5.41) is 4.39. The zero-order valence-electron chi connectivity index (χ0n) is 10.9. The summed E-state index contributed by atoms with van der Waals surface area (Å²) in [6, 6.07) is 16.8. The summed E-state index contributed by atoms with van der Waals surface area (Å²) < 4.78 is 1.24. The van der Waals surface area contributed by atoms with Crippen LogP contribution < -0.4 is 5.32 Å². The Labute approximate surface area is 133 Å². The molecule has 1 N–H and O–H groups in total. The first-order valence-corrected chi connectivity index (χ1v) is 7.91. The maximum absolute atomic E-state index is 6.15. The number of hydrogen-bond donors (Lipinski definition) is 1. The molecule has 1 unspecified atom stereocenters. The van der Waals surface area contributed by atoms with Gasteiger partial charge in [0.15, 0.2) is 0 Å². The largest absolute Gasteiger partial charge is 0.306 e. The summed E-state index contributed by atoms with van der Waals surface area (Å²) in [5.41, 5.74) is 2.52. The second-order valence-electron chi connectivity index (χ2n) is 4.46. The van der Waals surface area contributed by atoms with Gasteiger partial charge >= 0.3 is 0 Å². The molecule has 100 valence electrons. The van der Waals surface area contributed by atoms with E-state index < -0.39 is 0 Å². The Bertz CT molecular complexity index is 528. The van der Waals surface area contributed by atoms with E-state index in [1.165, 1.54) is 14.7 Å². The van der Waals surface area contributed by atoms with E-state index in [9.17, 15) is 0 Å². The maximum atomic E-state index is 6.15. The van der Waals surface area contributed by atoms with Gasteiger partial charge in [0.2, 0.25) is 0 Å². The highest BCUT2D eigenvalue weighted by atomic mass is 127. The number of hydrogen-bond acceptors (Lipinski definition) is 1. The van der Waals surface area contributed by atoms with E-state index in [2.05, 4.69) is 71.2 Å². The molecule has 0 saturated carbocycles. The molecule has 0 aliphatic carbocycles. The highest BCUT2D eigenvalue weighted by molar-refractivity contribution is 14.1. The number of benzene rings is 2. The molecule has 0 fully saturated rings. The molecule has 0 spiro atoms. The Morgan fingerprint density at radius 3 is 2.58 bits per heavy atom. The van der Waals surface area contributed by atoms with Crippen LogP contribution in [0, 0.1) is 3.57 Å².